The van der Waals surface area contributed by atoms with E-state index in [1.165, 1.54) is 17.8 Å². The van der Waals surface area contributed by atoms with Crippen molar-refractivity contribution >= 4 is 22.8 Å². The van der Waals surface area contributed by atoms with Crippen molar-refractivity contribution in [1.29, 1.82) is 0 Å². The van der Waals surface area contributed by atoms with Crippen molar-refractivity contribution in [1.82, 2.24) is 14.6 Å². The summed E-state index contributed by atoms with van der Waals surface area (Å²) in [5, 5.41) is 2.29. The molecule has 1 saturated heterocycles. The van der Waals surface area contributed by atoms with Crippen LogP contribution >= 0.6 is 11.8 Å². The van der Waals surface area contributed by atoms with Gasteiger partial charge in [-0.05, 0) is 24.6 Å². The van der Waals surface area contributed by atoms with Crippen LogP contribution in [0.15, 0.2) is 30.5 Å². The van der Waals surface area contributed by atoms with Gasteiger partial charge in [0.2, 0.25) is 0 Å². The highest BCUT2D eigenvalue weighted by Gasteiger charge is 2.33. The molecule has 6 nitrogen and oxygen atoms in total. The molecule has 0 saturated carbocycles. The molecule has 0 aliphatic carbocycles. The Morgan fingerprint density at radius 3 is 3.14 bits per heavy atom. The monoisotopic (exact) mass is 321 g/mol. The van der Waals surface area contributed by atoms with E-state index >= 15 is 0 Å². The molecule has 0 radical (unpaired) electrons. The minimum Gasteiger partial charge on any atom is -0.337 e. The Morgan fingerprint density at radius 1 is 1.59 bits per heavy atom. The first-order valence-corrected chi connectivity index (χ1v) is 8.04. The van der Waals surface area contributed by atoms with Gasteiger partial charge >= 0.3 is 0 Å². The molecule has 7 heteroatoms. The second kappa shape index (κ2) is 8.73. The van der Waals surface area contributed by atoms with Crippen LogP contribution in [-0.4, -0.2) is 50.1 Å². The predicted octanol–water partition coefficient (Wildman–Crippen LogP) is 1.47. The van der Waals surface area contributed by atoms with Crippen molar-refractivity contribution in [2.24, 2.45) is 0 Å². The molecule has 0 amide bonds. The highest BCUT2D eigenvalue weighted by molar-refractivity contribution is 8.14. The van der Waals surface area contributed by atoms with E-state index in [9.17, 15) is 9.59 Å². The summed E-state index contributed by atoms with van der Waals surface area (Å²) in [6.07, 6.45) is 8.81. The Morgan fingerprint density at radius 2 is 2.45 bits per heavy atom. The first-order valence-electron chi connectivity index (χ1n) is 7.16. The molecule has 1 aromatic heterocycles. The van der Waals surface area contributed by atoms with Crippen LogP contribution in [0, 0.1) is 0 Å². The lowest BCUT2D eigenvalue weighted by Crippen LogP contribution is -2.31. The number of carbonyl (C=O) groups is 1. The number of hydroxylamine groups is 2. The van der Waals surface area contributed by atoms with Gasteiger partial charge in [-0.2, -0.15) is 5.06 Å². The summed E-state index contributed by atoms with van der Waals surface area (Å²) in [6.45, 7) is 3.43. The van der Waals surface area contributed by atoms with E-state index in [0.29, 0.717) is 6.54 Å². The zero-order valence-electron chi connectivity index (χ0n) is 12.5. The summed E-state index contributed by atoms with van der Waals surface area (Å²) in [5.41, 5.74) is 2.33. The Bertz CT molecular complexity index is 563. The fraction of sp³-hybridized carbons (Fsp3) is 0.533. The van der Waals surface area contributed by atoms with E-state index in [2.05, 4.69) is 10.7 Å². The van der Waals surface area contributed by atoms with Crippen molar-refractivity contribution in [3.8, 4) is 0 Å². The molecule has 1 fully saturated rings. The molecule has 0 N–H and O–H groups in total. The van der Waals surface area contributed by atoms with E-state index in [0.717, 1.165) is 19.4 Å². The molecule has 0 spiro atoms. The molecule has 118 valence electrons. The van der Waals surface area contributed by atoms with Crippen LogP contribution in [0.4, 0.5) is 0 Å². The Hall–Kier alpha value is -1.62. The quantitative estimate of drug-likeness (QED) is 0.560. The molecule has 1 aliphatic heterocycles. The van der Waals surface area contributed by atoms with Gasteiger partial charge in [0.15, 0.2) is 11.1 Å². The SMILES string of the molecule is CC(=O)S[C@H]1C[C@@H](CCn2ccnc2)N(OCC=C=C=O)C1. The fourth-order valence-electron chi connectivity index (χ4n) is 2.52. The number of rotatable bonds is 7. The highest BCUT2D eigenvalue weighted by Crippen LogP contribution is 2.30. The van der Waals surface area contributed by atoms with Crippen molar-refractivity contribution in [3.05, 3.63) is 30.5 Å². The standard InChI is InChI=1S/C15H19N3O3S/c1-13(20)22-15-10-14(4-6-17-7-5-16-12-17)18(11-15)21-9-3-2-8-19/h3,5,7,12,14-15H,4,6,9-11H2,1H3/t14-,15+/m1/s1. The Kier molecular flexibility index (Phi) is 6.65. The number of imidazole rings is 1. The molecule has 1 aromatic rings. The number of nitrogens with zero attached hydrogens (tertiary/aromatic N) is 3. The summed E-state index contributed by atoms with van der Waals surface area (Å²) in [5.74, 6) is 1.57. The van der Waals surface area contributed by atoms with Crippen molar-refractivity contribution in [2.45, 2.75) is 37.6 Å². The van der Waals surface area contributed by atoms with Crippen LogP contribution < -0.4 is 0 Å². The summed E-state index contributed by atoms with van der Waals surface area (Å²) < 4.78 is 2.03. The van der Waals surface area contributed by atoms with Gasteiger partial charge in [0.25, 0.3) is 0 Å². The second-order valence-electron chi connectivity index (χ2n) is 5.06. The minimum absolute atomic E-state index is 0.129. The fourth-order valence-corrected chi connectivity index (χ4v) is 3.53. The summed E-state index contributed by atoms with van der Waals surface area (Å²) in [4.78, 5) is 31.1. The number of thioether (sulfide) groups is 1. The van der Waals surface area contributed by atoms with Crippen molar-refractivity contribution < 1.29 is 14.4 Å². The molecule has 1 aliphatic rings. The topological polar surface area (TPSA) is 64.4 Å². The van der Waals surface area contributed by atoms with Crippen LogP contribution in [0.25, 0.3) is 0 Å². The van der Waals surface area contributed by atoms with Crippen LogP contribution in [0.5, 0.6) is 0 Å². The van der Waals surface area contributed by atoms with Gasteiger partial charge < -0.3 is 4.57 Å². The van der Waals surface area contributed by atoms with Gasteiger partial charge in [-0.15, -0.1) is 0 Å². The lowest BCUT2D eigenvalue weighted by molar-refractivity contribution is -0.159. The van der Waals surface area contributed by atoms with E-state index in [4.69, 9.17) is 4.84 Å². The average molecular weight is 321 g/mol. The largest absolute Gasteiger partial charge is 0.337 e. The maximum absolute atomic E-state index is 11.3. The van der Waals surface area contributed by atoms with Crippen molar-refractivity contribution in [2.75, 3.05) is 13.2 Å². The zero-order chi connectivity index (χ0) is 15.8. The molecule has 22 heavy (non-hydrogen) atoms. The Balaban J connectivity index is 1.90. The summed E-state index contributed by atoms with van der Waals surface area (Å²) >= 11 is 1.37. The van der Waals surface area contributed by atoms with Gasteiger partial charge in [0, 0.05) is 43.7 Å². The van der Waals surface area contributed by atoms with Crippen LogP contribution in [0.2, 0.25) is 0 Å². The zero-order valence-corrected chi connectivity index (χ0v) is 13.3. The number of aryl methyl sites for hydroxylation is 1. The molecule has 0 aromatic carbocycles. The minimum atomic E-state index is 0.129. The number of hydrogen-bond acceptors (Lipinski definition) is 6. The molecular weight excluding hydrogens is 302 g/mol. The van der Waals surface area contributed by atoms with E-state index in [1.54, 1.807) is 25.4 Å². The van der Waals surface area contributed by atoms with Gasteiger partial charge in [0.1, 0.15) is 0 Å². The third-order valence-corrected chi connectivity index (χ3v) is 4.43. The number of hydrogen-bond donors (Lipinski definition) is 0. The molecule has 2 heterocycles. The summed E-state index contributed by atoms with van der Waals surface area (Å²) in [7, 11) is 0. The van der Waals surface area contributed by atoms with Crippen molar-refractivity contribution in [3.63, 3.8) is 0 Å². The first kappa shape index (κ1) is 16.7. The van der Waals surface area contributed by atoms with E-state index in [-0.39, 0.29) is 23.0 Å². The van der Waals surface area contributed by atoms with E-state index in [1.807, 2.05) is 15.8 Å². The normalized spacial score (nSPS) is 21.3. The lowest BCUT2D eigenvalue weighted by atomic mass is 10.1. The molecule has 2 atom stereocenters. The smallest absolute Gasteiger partial charge is 0.186 e. The molecule has 0 unspecified atom stereocenters. The number of carbonyl (C=O) groups excluding carboxylic acids is 2. The van der Waals surface area contributed by atoms with Crippen LogP contribution in [0.1, 0.15) is 19.8 Å². The third kappa shape index (κ3) is 5.30. The predicted molar refractivity (Wildman–Crippen MR) is 83.7 cm³/mol. The maximum Gasteiger partial charge on any atom is 0.186 e. The molecular formula is C15H19N3O3S. The lowest BCUT2D eigenvalue weighted by Gasteiger charge is -2.22. The molecule has 2 rings (SSSR count). The third-order valence-electron chi connectivity index (χ3n) is 3.42. The van der Waals surface area contributed by atoms with Gasteiger partial charge in [-0.3, -0.25) is 9.63 Å². The van der Waals surface area contributed by atoms with Crippen LogP contribution in [0.3, 0.4) is 0 Å². The van der Waals surface area contributed by atoms with Gasteiger partial charge in [-0.1, -0.05) is 11.8 Å². The van der Waals surface area contributed by atoms with Gasteiger partial charge in [0.05, 0.1) is 12.9 Å². The maximum atomic E-state index is 11.3. The summed E-state index contributed by atoms with van der Waals surface area (Å²) in [6, 6.07) is 0.243. The number of aromatic nitrogens is 2. The van der Waals surface area contributed by atoms with Crippen LogP contribution in [-0.2, 0) is 21.0 Å². The van der Waals surface area contributed by atoms with Gasteiger partial charge in [-0.25, -0.2) is 9.78 Å². The van der Waals surface area contributed by atoms with E-state index < -0.39 is 0 Å². The highest BCUT2D eigenvalue weighted by atomic mass is 32.2. The molecule has 0 bridgehead atoms. The average Bonchev–Trinajstić information content (AvgIpc) is 3.10. The second-order valence-corrected chi connectivity index (χ2v) is 6.53. The first-order chi connectivity index (χ1) is 10.7. The Labute approximate surface area is 133 Å².